The van der Waals surface area contributed by atoms with Crippen LogP contribution in [-0.2, 0) is 7.05 Å². The Morgan fingerprint density at radius 1 is 0.594 bits per heavy atom. The van der Waals surface area contributed by atoms with Crippen LogP contribution in [0, 0.1) is 0 Å². The molecule has 0 amide bonds. The van der Waals surface area contributed by atoms with E-state index in [4.69, 9.17) is 5.10 Å². The van der Waals surface area contributed by atoms with E-state index < -0.39 is 0 Å². The summed E-state index contributed by atoms with van der Waals surface area (Å²) in [5.74, 6) is 1.68. The minimum absolute atomic E-state index is 0.218. The highest BCUT2D eigenvalue weighted by atomic mass is 16.3. The predicted octanol–water partition coefficient (Wildman–Crippen LogP) is 7.66. The lowest BCUT2D eigenvalue weighted by Gasteiger charge is -2.17. The molecule has 3 aromatic rings. The normalized spacial score (nSPS) is 12.0. The van der Waals surface area contributed by atoms with Gasteiger partial charge in [-0.2, -0.15) is 5.10 Å². The van der Waals surface area contributed by atoms with Crippen molar-refractivity contribution in [1.82, 2.24) is 9.78 Å². The zero-order chi connectivity index (χ0) is 23.9. The Kier molecular flexibility index (Phi) is 6.73. The first-order chi connectivity index (χ1) is 14.9. The van der Waals surface area contributed by atoms with Crippen molar-refractivity contribution in [3.05, 3.63) is 52.6 Å². The molecule has 1 heterocycles. The number of hydrogen-bond acceptors (Lipinski definition) is 3. The van der Waals surface area contributed by atoms with E-state index in [1.807, 2.05) is 11.7 Å². The summed E-state index contributed by atoms with van der Waals surface area (Å²) in [6, 6.07) is 10.4. The van der Waals surface area contributed by atoms with E-state index in [2.05, 4.69) is 85.7 Å². The molecule has 0 unspecified atom stereocenters. The summed E-state index contributed by atoms with van der Waals surface area (Å²) < 4.78 is 1.91. The van der Waals surface area contributed by atoms with Crippen LogP contribution in [0.25, 0.3) is 22.5 Å². The van der Waals surface area contributed by atoms with E-state index in [1.165, 1.54) is 0 Å². The van der Waals surface area contributed by atoms with Crippen LogP contribution in [0.3, 0.4) is 0 Å². The highest BCUT2D eigenvalue weighted by Gasteiger charge is 2.20. The summed E-state index contributed by atoms with van der Waals surface area (Å²) >= 11 is 0. The van der Waals surface area contributed by atoms with Crippen molar-refractivity contribution in [2.75, 3.05) is 0 Å². The zero-order valence-corrected chi connectivity index (χ0v) is 21.0. The fourth-order valence-corrected chi connectivity index (χ4v) is 4.29. The predicted molar refractivity (Wildman–Crippen MR) is 134 cm³/mol. The molecule has 0 aliphatic carbocycles. The summed E-state index contributed by atoms with van der Waals surface area (Å²) in [5, 5.41) is 26.4. The van der Waals surface area contributed by atoms with Crippen LogP contribution >= 0.6 is 0 Å². The van der Waals surface area contributed by atoms with Crippen molar-refractivity contribution >= 4 is 0 Å². The number of phenols is 2. The van der Waals surface area contributed by atoms with E-state index in [1.54, 1.807) is 0 Å². The largest absolute Gasteiger partial charge is 0.507 e. The molecule has 4 heteroatoms. The Labute approximate surface area is 192 Å². The van der Waals surface area contributed by atoms with Crippen LogP contribution in [-0.4, -0.2) is 20.0 Å². The van der Waals surface area contributed by atoms with Gasteiger partial charge in [0.2, 0.25) is 0 Å². The molecule has 0 radical (unpaired) electrons. The van der Waals surface area contributed by atoms with Gasteiger partial charge in [0.25, 0.3) is 0 Å². The summed E-state index contributed by atoms with van der Waals surface area (Å²) in [7, 11) is 1.96. The quantitative estimate of drug-likeness (QED) is 0.419. The number of aryl methyl sites for hydroxylation is 1. The number of aromatic nitrogens is 2. The fourth-order valence-electron chi connectivity index (χ4n) is 4.29. The SMILES string of the molecule is CC(C)c1cc(-c2cc(-c3cc(C(C)C)c(O)c(C(C)C)c3)n(C)n2)cc(C(C)C)c1O. The van der Waals surface area contributed by atoms with Crippen molar-refractivity contribution in [3.8, 4) is 34.0 Å². The lowest BCUT2D eigenvalue weighted by molar-refractivity contribution is 0.454. The molecular formula is C28H38N2O2. The molecule has 0 saturated carbocycles. The van der Waals surface area contributed by atoms with Crippen LogP contribution < -0.4 is 0 Å². The average molecular weight is 435 g/mol. The van der Waals surface area contributed by atoms with Gasteiger partial charge in [-0.25, -0.2) is 0 Å². The third kappa shape index (κ3) is 4.41. The molecule has 2 aromatic carbocycles. The van der Waals surface area contributed by atoms with Crippen LogP contribution in [0.15, 0.2) is 30.3 Å². The smallest absolute Gasteiger partial charge is 0.122 e. The maximum Gasteiger partial charge on any atom is 0.122 e. The maximum absolute atomic E-state index is 10.8. The first-order valence-corrected chi connectivity index (χ1v) is 11.7. The van der Waals surface area contributed by atoms with E-state index >= 15 is 0 Å². The highest BCUT2D eigenvalue weighted by Crippen LogP contribution is 2.40. The molecule has 32 heavy (non-hydrogen) atoms. The third-order valence-electron chi connectivity index (χ3n) is 6.30. The first-order valence-electron chi connectivity index (χ1n) is 11.7. The molecule has 2 N–H and O–H groups in total. The summed E-state index contributed by atoms with van der Waals surface area (Å²) in [5.41, 5.74) is 7.79. The Morgan fingerprint density at radius 2 is 0.938 bits per heavy atom. The molecule has 172 valence electrons. The van der Waals surface area contributed by atoms with Gasteiger partial charge in [-0.3, -0.25) is 4.68 Å². The minimum atomic E-state index is 0.218. The Morgan fingerprint density at radius 3 is 1.28 bits per heavy atom. The average Bonchev–Trinajstić information content (AvgIpc) is 3.09. The lowest BCUT2D eigenvalue weighted by atomic mass is 9.90. The van der Waals surface area contributed by atoms with Gasteiger partial charge < -0.3 is 10.2 Å². The van der Waals surface area contributed by atoms with E-state index in [-0.39, 0.29) is 23.7 Å². The van der Waals surface area contributed by atoms with Crippen molar-refractivity contribution in [2.24, 2.45) is 7.05 Å². The molecular weight excluding hydrogens is 396 g/mol. The molecule has 0 aliphatic rings. The molecule has 0 aliphatic heterocycles. The van der Waals surface area contributed by atoms with Gasteiger partial charge in [0, 0.05) is 18.2 Å². The van der Waals surface area contributed by atoms with Crippen LogP contribution in [0.5, 0.6) is 11.5 Å². The summed E-state index contributed by atoms with van der Waals surface area (Å²) in [6.07, 6.45) is 0. The molecule has 0 atom stereocenters. The third-order valence-corrected chi connectivity index (χ3v) is 6.30. The van der Waals surface area contributed by atoms with Gasteiger partial charge in [0.1, 0.15) is 11.5 Å². The second kappa shape index (κ2) is 9.01. The maximum atomic E-state index is 10.8. The monoisotopic (exact) mass is 434 g/mol. The molecule has 4 nitrogen and oxygen atoms in total. The van der Waals surface area contributed by atoms with Gasteiger partial charge in [-0.05, 0) is 76.3 Å². The molecule has 0 fully saturated rings. The molecule has 0 spiro atoms. The molecule has 1 aromatic heterocycles. The Hall–Kier alpha value is -2.75. The first kappa shape index (κ1) is 23.9. The van der Waals surface area contributed by atoms with Gasteiger partial charge in [0.05, 0.1) is 11.4 Å². The van der Waals surface area contributed by atoms with Crippen molar-refractivity contribution < 1.29 is 10.2 Å². The number of nitrogens with zero attached hydrogens (tertiary/aromatic N) is 2. The zero-order valence-electron chi connectivity index (χ0n) is 21.0. The highest BCUT2D eigenvalue weighted by molar-refractivity contribution is 5.73. The molecule has 0 bridgehead atoms. The Bertz CT molecular complexity index is 1060. The van der Waals surface area contributed by atoms with Crippen molar-refractivity contribution in [1.29, 1.82) is 0 Å². The minimum Gasteiger partial charge on any atom is -0.507 e. The second-order valence-corrected chi connectivity index (χ2v) is 10.2. The van der Waals surface area contributed by atoms with Crippen molar-refractivity contribution in [2.45, 2.75) is 79.1 Å². The topological polar surface area (TPSA) is 58.3 Å². The van der Waals surface area contributed by atoms with Crippen molar-refractivity contribution in [3.63, 3.8) is 0 Å². The lowest BCUT2D eigenvalue weighted by Crippen LogP contribution is -2.00. The number of benzene rings is 2. The van der Waals surface area contributed by atoms with Crippen LogP contribution in [0.4, 0.5) is 0 Å². The van der Waals surface area contributed by atoms with Crippen LogP contribution in [0.1, 0.15) is 101 Å². The Balaban J connectivity index is 2.19. The number of hydrogen-bond donors (Lipinski definition) is 2. The van der Waals surface area contributed by atoms with Gasteiger partial charge in [-0.1, -0.05) is 55.4 Å². The number of rotatable bonds is 6. The summed E-state index contributed by atoms with van der Waals surface area (Å²) in [6.45, 7) is 16.8. The van der Waals surface area contributed by atoms with E-state index in [0.29, 0.717) is 11.5 Å². The van der Waals surface area contributed by atoms with Gasteiger partial charge in [-0.15, -0.1) is 0 Å². The van der Waals surface area contributed by atoms with E-state index in [9.17, 15) is 10.2 Å². The standard InChI is InChI=1S/C28H38N2O2/c1-15(2)21-10-19(11-22(16(3)4)27(21)31)25-14-26(30(9)29-25)20-12-23(17(5)6)28(32)24(13-20)18(7)8/h10-18,31-32H,1-9H3. The van der Waals surface area contributed by atoms with Gasteiger partial charge in [0.15, 0.2) is 0 Å². The second-order valence-electron chi connectivity index (χ2n) is 10.2. The summed E-state index contributed by atoms with van der Waals surface area (Å²) in [4.78, 5) is 0. The number of phenolic OH excluding ortho intramolecular Hbond substituents is 2. The molecule has 3 rings (SSSR count). The fraction of sp³-hybridized carbons (Fsp3) is 0.464. The van der Waals surface area contributed by atoms with Gasteiger partial charge >= 0.3 is 0 Å². The molecule has 0 saturated heterocycles. The van der Waals surface area contributed by atoms with E-state index in [0.717, 1.165) is 44.8 Å². The van der Waals surface area contributed by atoms with Crippen LogP contribution in [0.2, 0.25) is 0 Å². The number of aromatic hydroxyl groups is 2.